The van der Waals surface area contributed by atoms with Crippen molar-refractivity contribution in [3.63, 3.8) is 0 Å². The third-order valence-electron chi connectivity index (χ3n) is 4.55. The van der Waals surface area contributed by atoms with E-state index in [1.54, 1.807) is 4.57 Å². The van der Waals surface area contributed by atoms with Gasteiger partial charge in [-0.15, -0.1) is 0 Å². The highest BCUT2D eigenvalue weighted by Gasteiger charge is 2.25. The number of fused-ring (bicyclic) bond motifs is 1. The van der Waals surface area contributed by atoms with Crippen LogP contribution in [0.2, 0.25) is 0 Å². The molecule has 20 heavy (non-hydrogen) atoms. The topological polar surface area (TPSA) is 26.9 Å². The van der Waals surface area contributed by atoms with Crippen molar-refractivity contribution in [1.29, 1.82) is 0 Å². The van der Waals surface area contributed by atoms with Gasteiger partial charge >= 0.3 is 5.69 Å². The van der Waals surface area contributed by atoms with Gasteiger partial charge in [-0.3, -0.25) is 9.13 Å². The van der Waals surface area contributed by atoms with Gasteiger partial charge in [0.05, 0.1) is 11.0 Å². The van der Waals surface area contributed by atoms with Gasteiger partial charge in [0.2, 0.25) is 0 Å². The van der Waals surface area contributed by atoms with Gasteiger partial charge in [0.1, 0.15) is 0 Å². The first-order chi connectivity index (χ1) is 9.49. The normalized spacial score (nSPS) is 23.4. The molecule has 1 aliphatic carbocycles. The first kappa shape index (κ1) is 13.9. The van der Waals surface area contributed by atoms with Crippen molar-refractivity contribution in [1.82, 2.24) is 9.13 Å². The van der Waals surface area contributed by atoms with E-state index in [0.717, 1.165) is 28.3 Å². The zero-order valence-corrected chi connectivity index (χ0v) is 13.9. The first-order valence-corrected chi connectivity index (χ1v) is 8.15. The van der Waals surface area contributed by atoms with E-state index in [9.17, 15) is 4.79 Å². The molecule has 3 nitrogen and oxygen atoms in total. The van der Waals surface area contributed by atoms with Crippen LogP contribution in [0.3, 0.4) is 0 Å². The maximum absolute atomic E-state index is 12.7. The Hall–Kier alpha value is -1.03. The molecule has 0 bridgehead atoms. The molecule has 1 fully saturated rings. The maximum atomic E-state index is 12.7. The van der Waals surface area contributed by atoms with Crippen LogP contribution in [-0.2, 0) is 7.05 Å². The average molecular weight is 337 g/mol. The lowest BCUT2D eigenvalue weighted by Gasteiger charge is -2.27. The number of imidazole rings is 1. The quantitative estimate of drug-likeness (QED) is 0.767. The van der Waals surface area contributed by atoms with E-state index in [0.29, 0.717) is 12.0 Å². The molecule has 1 aromatic heterocycles. The molecule has 0 amide bonds. The third kappa shape index (κ3) is 2.14. The average Bonchev–Trinajstić information content (AvgIpc) is 2.61. The Morgan fingerprint density at radius 1 is 1.30 bits per heavy atom. The molecule has 1 saturated carbocycles. The zero-order chi connectivity index (χ0) is 14.4. The predicted octanol–water partition coefficient (Wildman–Crippen LogP) is 4.16. The SMILES string of the molecule is Cc1cc(Br)c2c(c1)n([C@H]1CCC[C@H](C)C1)c(=O)n2C. The minimum atomic E-state index is 0.116. The van der Waals surface area contributed by atoms with Crippen LogP contribution < -0.4 is 5.69 Å². The van der Waals surface area contributed by atoms with Crippen molar-refractivity contribution < 1.29 is 0 Å². The molecule has 1 aromatic carbocycles. The van der Waals surface area contributed by atoms with E-state index in [1.807, 2.05) is 11.6 Å². The lowest BCUT2D eigenvalue weighted by atomic mass is 9.87. The van der Waals surface area contributed by atoms with Crippen molar-refractivity contribution in [2.75, 3.05) is 0 Å². The largest absolute Gasteiger partial charge is 0.329 e. The van der Waals surface area contributed by atoms with Gasteiger partial charge in [-0.25, -0.2) is 4.79 Å². The Kier molecular flexibility index (Phi) is 3.53. The smallest absolute Gasteiger partial charge is 0.294 e. The van der Waals surface area contributed by atoms with Gasteiger partial charge in [-0.2, -0.15) is 0 Å². The summed E-state index contributed by atoms with van der Waals surface area (Å²) in [5.74, 6) is 0.712. The summed E-state index contributed by atoms with van der Waals surface area (Å²) in [4.78, 5) is 12.7. The van der Waals surface area contributed by atoms with Crippen molar-refractivity contribution in [2.24, 2.45) is 13.0 Å². The maximum Gasteiger partial charge on any atom is 0.329 e. The van der Waals surface area contributed by atoms with Crippen LogP contribution in [-0.4, -0.2) is 9.13 Å². The highest BCUT2D eigenvalue weighted by Crippen LogP contribution is 2.34. The Balaban J connectivity index is 2.25. The van der Waals surface area contributed by atoms with Gasteiger partial charge in [-0.05, 0) is 59.3 Å². The number of nitrogens with zero attached hydrogens (tertiary/aromatic N) is 2. The van der Waals surface area contributed by atoms with Crippen LogP contribution in [0.1, 0.15) is 44.2 Å². The van der Waals surface area contributed by atoms with Crippen LogP contribution in [0.4, 0.5) is 0 Å². The van der Waals surface area contributed by atoms with Crippen molar-refractivity contribution in [2.45, 2.75) is 45.6 Å². The Morgan fingerprint density at radius 2 is 2.05 bits per heavy atom. The summed E-state index contributed by atoms with van der Waals surface area (Å²) in [7, 11) is 1.87. The number of hydrogen-bond donors (Lipinski definition) is 0. The van der Waals surface area contributed by atoms with Gasteiger partial charge in [-0.1, -0.05) is 19.8 Å². The van der Waals surface area contributed by atoms with Crippen LogP contribution in [0.15, 0.2) is 21.4 Å². The van der Waals surface area contributed by atoms with Gasteiger partial charge in [0, 0.05) is 17.6 Å². The Morgan fingerprint density at radius 3 is 2.75 bits per heavy atom. The summed E-state index contributed by atoms with van der Waals surface area (Å²) in [6.45, 7) is 4.37. The minimum absolute atomic E-state index is 0.116. The Bertz CT molecular complexity index is 713. The molecule has 2 atom stereocenters. The van der Waals surface area contributed by atoms with E-state index < -0.39 is 0 Å². The zero-order valence-electron chi connectivity index (χ0n) is 12.3. The van der Waals surface area contributed by atoms with Crippen LogP contribution in [0.25, 0.3) is 11.0 Å². The number of benzene rings is 1. The summed E-state index contributed by atoms with van der Waals surface area (Å²) in [6, 6.07) is 4.57. The highest BCUT2D eigenvalue weighted by atomic mass is 79.9. The third-order valence-corrected chi connectivity index (χ3v) is 5.15. The highest BCUT2D eigenvalue weighted by molar-refractivity contribution is 9.10. The van der Waals surface area contributed by atoms with E-state index >= 15 is 0 Å². The molecule has 0 saturated heterocycles. The molecule has 0 N–H and O–H groups in total. The number of hydrogen-bond acceptors (Lipinski definition) is 1. The molecule has 0 unspecified atom stereocenters. The van der Waals surface area contributed by atoms with Gasteiger partial charge < -0.3 is 0 Å². The Labute approximate surface area is 127 Å². The van der Waals surface area contributed by atoms with E-state index in [1.165, 1.54) is 18.4 Å². The van der Waals surface area contributed by atoms with Crippen molar-refractivity contribution >= 4 is 27.0 Å². The summed E-state index contributed by atoms with van der Waals surface area (Å²) in [6.07, 6.45) is 4.75. The fraction of sp³-hybridized carbons (Fsp3) is 0.562. The summed E-state index contributed by atoms with van der Waals surface area (Å²) in [5.41, 5.74) is 3.39. The molecule has 3 rings (SSSR count). The monoisotopic (exact) mass is 336 g/mol. The summed E-state index contributed by atoms with van der Waals surface area (Å²) < 4.78 is 4.82. The standard InChI is InChI=1S/C16H21BrN2O/c1-10-5-4-6-12(7-10)19-14-9-11(2)8-13(17)15(14)18(3)16(19)20/h8-10,12H,4-7H2,1-3H3/t10-,12-/m0/s1. The molecular formula is C16H21BrN2O. The lowest BCUT2D eigenvalue weighted by molar-refractivity contribution is 0.281. The van der Waals surface area contributed by atoms with Crippen molar-refractivity contribution in [3.05, 3.63) is 32.7 Å². The molecule has 1 aliphatic rings. The van der Waals surface area contributed by atoms with Crippen LogP contribution in [0.5, 0.6) is 0 Å². The van der Waals surface area contributed by atoms with E-state index in [4.69, 9.17) is 0 Å². The molecule has 108 valence electrons. The second kappa shape index (κ2) is 5.06. The molecule has 1 heterocycles. The van der Waals surface area contributed by atoms with Gasteiger partial charge in [0.25, 0.3) is 0 Å². The van der Waals surface area contributed by atoms with E-state index in [-0.39, 0.29) is 5.69 Å². The lowest BCUT2D eigenvalue weighted by Crippen LogP contribution is -2.29. The molecule has 4 heteroatoms. The van der Waals surface area contributed by atoms with Gasteiger partial charge in [0.15, 0.2) is 0 Å². The molecular weight excluding hydrogens is 316 g/mol. The number of halogens is 1. The summed E-state index contributed by atoms with van der Waals surface area (Å²) >= 11 is 3.61. The predicted molar refractivity (Wildman–Crippen MR) is 86.3 cm³/mol. The number of rotatable bonds is 1. The molecule has 2 aromatic rings. The van der Waals surface area contributed by atoms with E-state index in [2.05, 4.69) is 41.9 Å². The number of aromatic nitrogens is 2. The molecule has 0 radical (unpaired) electrons. The van der Waals surface area contributed by atoms with Crippen LogP contribution in [0, 0.1) is 12.8 Å². The second-order valence-electron chi connectivity index (χ2n) is 6.25. The molecule has 0 spiro atoms. The fourth-order valence-corrected chi connectivity index (χ4v) is 4.41. The second-order valence-corrected chi connectivity index (χ2v) is 7.11. The first-order valence-electron chi connectivity index (χ1n) is 7.36. The summed E-state index contributed by atoms with van der Waals surface area (Å²) in [5, 5.41) is 0. The number of aryl methyl sites for hydroxylation is 2. The van der Waals surface area contributed by atoms with Crippen LogP contribution >= 0.6 is 15.9 Å². The van der Waals surface area contributed by atoms with Crippen molar-refractivity contribution in [3.8, 4) is 0 Å². The molecule has 0 aliphatic heterocycles. The fourth-order valence-electron chi connectivity index (χ4n) is 3.58. The minimum Gasteiger partial charge on any atom is -0.294 e.